The van der Waals surface area contributed by atoms with Gasteiger partial charge in [0, 0.05) is 11.5 Å². The first-order valence-corrected chi connectivity index (χ1v) is 8.03. The van der Waals surface area contributed by atoms with E-state index in [-0.39, 0.29) is 0 Å². The third-order valence-corrected chi connectivity index (χ3v) is 4.73. The molecular formula is C19H15BrN2. The molecule has 0 unspecified atom stereocenters. The van der Waals surface area contributed by atoms with Gasteiger partial charge in [0.15, 0.2) is 0 Å². The van der Waals surface area contributed by atoms with Gasteiger partial charge in [0.1, 0.15) is 0 Å². The van der Waals surface area contributed by atoms with Gasteiger partial charge in [0.2, 0.25) is 0 Å². The number of para-hydroxylation sites is 5. The van der Waals surface area contributed by atoms with Gasteiger partial charge in [-0.25, -0.2) is 0 Å². The van der Waals surface area contributed by atoms with Crippen molar-refractivity contribution in [2.45, 2.75) is 0 Å². The molecule has 0 atom stereocenters. The van der Waals surface area contributed by atoms with Crippen molar-refractivity contribution in [3.8, 4) is 0 Å². The van der Waals surface area contributed by atoms with Crippen LogP contribution >= 0.6 is 15.9 Å². The zero-order chi connectivity index (χ0) is 15.1. The van der Waals surface area contributed by atoms with Crippen molar-refractivity contribution >= 4 is 44.4 Å². The summed E-state index contributed by atoms with van der Waals surface area (Å²) >= 11 is 3.70. The van der Waals surface area contributed by atoms with Crippen molar-refractivity contribution in [3.05, 3.63) is 77.3 Å². The minimum absolute atomic E-state index is 1.09. The van der Waals surface area contributed by atoms with Gasteiger partial charge < -0.3 is 9.80 Å². The summed E-state index contributed by atoms with van der Waals surface area (Å²) in [6.45, 7) is 0. The molecule has 2 nitrogen and oxygen atoms in total. The van der Waals surface area contributed by atoms with Gasteiger partial charge >= 0.3 is 0 Å². The molecule has 0 aromatic heterocycles. The second-order valence-corrected chi connectivity index (χ2v) is 6.18. The minimum Gasteiger partial charge on any atom is -0.341 e. The molecule has 1 heterocycles. The maximum Gasteiger partial charge on any atom is 0.0700 e. The molecule has 0 saturated heterocycles. The third kappa shape index (κ3) is 1.93. The van der Waals surface area contributed by atoms with Gasteiger partial charge in [0.05, 0.1) is 28.4 Å². The van der Waals surface area contributed by atoms with Crippen LogP contribution < -0.4 is 9.80 Å². The van der Waals surface area contributed by atoms with Crippen LogP contribution in [0.25, 0.3) is 0 Å². The Morgan fingerprint density at radius 1 is 0.591 bits per heavy atom. The third-order valence-electron chi connectivity index (χ3n) is 4.06. The van der Waals surface area contributed by atoms with Crippen LogP contribution in [0.2, 0.25) is 0 Å². The molecule has 22 heavy (non-hydrogen) atoms. The number of fused-ring (bicyclic) bond motifs is 2. The van der Waals surface area contributed by atoms with E-state index in [0.29, 0.717) is 0 Å². The van der Waals surface area contributed by atoms with Gasteiger partial charge in [-0.2, -0.15) is 0 Å². The lowest BCUT2D eigenvalue weighted by molar-refractivity contribution is 1.13. The molecule has 0 saturated carbocycles. The maximum atomic E-state index is 3.70. The Labute approximate surface area is 138 Å². The van der Waals surface area contributed by atoms with Gasteiger partial charge in [0.25, 0.3) is 0 Å². The van der Waals surface area contributed by atoms with Crippen molar-refractivity contribution in [1.82, 2.24) is 0 Å². The topological polar surface area (TPSA) is 6.48 Å². The van der Waals surface area contributed by atoms with Crippen molar-refractivity contribution < 1.29 is 0 Å². The predicted octanol–water partition coefficient (Wildman–Crippen LogP) is 6.00. The lowest BCUT2D eigenvalue weighted by atomic mass is 10.1. The van der Waals surface area contributed by atoms with Crippen LogP contribution in [0.5, 0.6) is 0 Å². The van der Waals surface area contributed by atoms with Crippen molar-refractivity contribution in [2.24, 2.45) is 0 Å². The smallest absolute Gasteiger partial charge is 0.0700 e. The molecule has 3 heteroatoms. The zero-order valence-electron chi connectivity index (χ0n) is 12.2. The van der Waals surface area contributed by atoms with E-state index in [1.807, 2.05) is 6.07 Å². The Morgan fingerprint density at radius 3 is 1.50 bits per heavy atom. The van der Waals surface area contributed by atoms with E-state index in [2.05, 4.69) is 99.5 Å². The average Bonchev–Trinajstić information content (AvgIpc) is 2.57. The predicted molar refractivity (Wildman–Crippen MR) is 96.9 cm³/mol. The van der Waals surface area contributed by atoms with Crippen LogP contribution in [0.3, 0.4) is 0 Å². The Bertz CT molecular complexity index is 797. The van der Waals surface area contributed by atoms with Gasteiger partial charge in [-0.15, -0.1) is 0 Å². The van der Waals surface area contributed by atoms with E-state index < -0.39 is 0 Å². The highest BCUT2D eigenvalue weighted by molar-refractivity contribution is 9.10. The normalized spacial score (nSPS) is 12.8. The van der Waals surface area contributed by atoms with Crippen LogP contribution in [-0.4, -0.2) is 7.05 Å². The number of hydrogen-bond donors (Lipinski definition) is 0. The van der Waals surface area contributed by atoms with E-state index in [9.17, 15) is 0 Å². The standard InChI is InChI=1S/C19H15BrN2/c1-21-16-10-4-6-12-18(16)22(15-9-3-2-8-14(15)20)19-13-7-5-11-17(19)21/h2-13H,1H3. The van der Waals surface area contributed by atoms with Crippen molar-refractivity contribution in [2.75, 3.05) is 16.8 Å². The Kier molecular flexibility index (Phi) is 3.16. The quantitative estimate of drug-likeness (QED) is 0.530. The summed E-state index contributed by atoms with van der Waals surface area (Å²) in [5.41, 5.74) is 5.94. The lowest BCUT2D eigenvalue weighted by Crippen LogP contribution is -2.24. The largest absolute Gasteiger partial charge is 0.341 e. The second-order valence-electron chi connectivity index (χ2n) is 5.32. The molecule has 0 fully saturated rings. The van der Waals surface area contributed by atoms with Crippen LogP contribution in [-0.2, 0) is 0 Å². The lowest BCUT2D eigenvalue weighted by Gasteiger charge is -2.38. The van der Waals surface area contributed by atoms with E-state index >= 15 is 0 Å². The number of anilines is 5. The van der Waals surface area contributed by atoms with Crippen LogP contribution in [0.15, 0.2) is 77.3 Å². The average molecular weight is 351 g/mol. The Balaban J connectivity index is 2.03. The van der Waals surface area contributed by atoms with Crippen molar-refractivity contribution in [1.29, 1.82) is 0 Å². The van der Waals surface area contributed by atoms with E-state index in [1.165, 1.54) is 22.7 Å². The molecule has 3 aromatic carbocycles. The molecule has 0 aliphatic carbocycles. The summed E-state index contributed by atoms with van der Waals surface area (Å²) < 4.78 is 1.09. The molecule has 0 amide bonds. The first-order valence-electron chi connectivity index (χ1n) is 7.24. The minimum atomic E-state index is 1.09. The summed E-state index contributed by atoms with van der Waals surface area (Å²) in [6, 6.07) is 25.3. The van der Waals surface area contributed by atoms with Crippen LogP contribution in [0.4, 0.5) is 28.4 Å². The van der Waals surface area contributed by atoms with Gasteiger partial charge in [-0.3, -0.25) is 0 Å². The molecule has 1 aliphatic heterocycles. The highest BCUT2D eigenvalue weighted by Gasteiger charge is 2.27. The first kappa shape index (κ1) is 13.4. The van der Waals surface area contributed by atoms with Gasteiger partial charge in [-0.1, -0.05) is 36.4 Å². The Morgan fingerprint density at radius 2 is 1.00 bits per heavy atom. The van der Waals surface area contributed by atoms with E-state index in [4.69, 9.17) is 0 Å². The number of nitrogens with zero attached hydrogens (tertiary/aromatic N) is 2. The van der Waals surface area contributed by atoms with Crippen molar-refractivity contribution in [3.63, 3.8) is 0 Å². The molecular weight excluding hydrogens is 336 g/mol. The van der Waals surface area contributed by atoms with E-state index in [0.717, 1.165) is 10.2 Å². The van der Waals surface area contributed by atoms with Crippen LogP contribution in [0.1, 0.15) is 0 Å². The number of halogens is 1. The second kappa shape index (κ2) is 5.18. The molecule has 1 aliphatic rings. The summed E-state index contributed by atoms with van der Waals surface area (Å²) in [5.74, 6) is 0. The van der Waals surface area contributed by atoms with E-state index in [1.54, 1.807) is 0 Å². The molecule has 0 bridgehead atoms. The first-order chi connectivity index (χ1) is 10.8. The fourth-order valence-electron chi connectivity index (χ4n) is 3.03. The summed E-state index contributed by atoms with van der Waals surface area (Å²) in [5, 5.41) is 0. The highest BCUT2D eigenvalue weighted by Crippen LogP contribution is 2.51. The fourth-order valence-corrected chi connectivity index (χ4v) is 3.49. The SMILES string of the molecule is CN1c2ccccc2N(c2ccccc2Br)c2ccccc21. The molecule has 3 aromatic rings. The summed E-state index contributed by atoms with van der Waals surface area (Å²) in [7, 11) is 2.12. The fraction of sp³-hybridized carbons (Fsp3) is 0.0526. The molecule has 0 radical (unpaired) electrons. The summed E-state index contributed by atoms with van der Waals surface area (Å²) in [4.78, 5) is 4.56. The van der Waals surface area contributed by atoms with Crippen LogP contribution in [0, 0.1) is 0 Å². The summed E-state index contributed by atoms with van der Waals surface area (Å²) in [6.07, 6.45) is 0. The Hall–Kier alpha value is -2.26. The monoisotopic (exact) mass is 350 g/mol. The van der Waals surface area contributed by atoms with Gasteiger partial charge in [-0.05, 0) is 52.3 Å². The molecule has 0 N–H and O–H groups in total. The molecule has 0 spiro atoms. The number of rotatable bonds is 1. The molecule has 4 rings (SSSR count). The number of hydrogen-bond acceptors (Lipinski definition) is 2. The maximum absolute atomic E-state index is 3.70. The highest BCUT2D eigenvalue weighted by atomic mass is 79.9. The number of benzene rings is 3. The zero-order valence-corrected chi connectivity index (χ0v) is 13.8. The molecule has 108 valence electrons.